The summed E-state index contributed by atoms with van der Waals surface area (Å²) in [5.41, 5.74) is 2.86. The van der Waals surface area contributed by atoms with Crippen LogP contribution in [-0.4, -0.2) is 21.9 Å². The molecule has 0 radical (unpaired) electrons. The first-order valence-corrected chi connectivity index (χ1v) is 9.27. The van der Waals surface area contributed by atoms with Gasteiger partial charge in [0.15, 0.2) is 0 Å². The van der Waals surface area contributed by atoms with Crippen LogP contribution in [0.15, 0.2) is 23.8 Å². The van der Waals surface area contributed by atoms with Crippen LogP contribution in [0, 0.1) is 23.2 Å². The van der Waals surface area contributed by atoms with Gasteiger partial charge in [0.1, 0.15) is 11.5 Å². The van der Waals surface area contributed by atoms with Gasteiger partial charge in [0, 0.05) is 11.0 Å². The Kier molecular flexibility index (Phi) is 2.48. The van der Waals surface area contributed by atoms with Crippen LogP contribution in [-0.2, 0) is 10.8 Å². The Labute approximate surface area is 143 Å². The quantitative estimate of drug-likeness (QED) is 0.700. The van der Waals surface area contributed by atoms with E-state index in [0.717, 1.165) is 30.4 Å². The summed E-state index contributed by atoms with van der Waals surface area (Å²) in [6, 6.07) is 3.73. The van der Waals surface area contributed by atoms with Crippen LogP contribution in [0.4, 0.5) is 0 Å². The minimum Gasteiger partial charge on any atom is -0.507 e. The number of aliphatic hydroxyl groups is 1. The second-order valence-electron chi connectivity index (χ2n) is 9.04. The van der Waals surface area contributed by atoms with Gasteiger partial charge in [-0.2, -0.15) is 0 Å². The average molecular weight is 326 g/mol. The molecule has 128 valence electrons. The number of fused-ring (bicyclic) bond motifs is 3. The summed E-state index contributed by atoms with van der Waals surface area (Å²) in [7, 11) is 0. The van der Waals surface area contributed by atoms with Crippen molar-refractivity contribution in [3.05, 3.63) is 34.9 Å². The molecule has 0 amide bonds. The normalized spacial score (nSPS) is 40.0. The predicted octanol–water partition coefficient (Wildman–Crippen LogP) is 3.61. The number of unbranched alkanes of at least 4 members (excludes halogenated alkanes) is 1. The summed E-state index contributed by atoms with van der Waals surface area (Å²) >= 11 is 0. The van der Waals surface area contributed by atoms with Gasteiger partial charge in [-0.05, 0) is 58.3 Å². The van der Waals surface area contributed by atoms with Crippen molar-refractivity contribution < 1.29 is 15.3 Å². The fourth-order valence-electron chi connectivity index (χ4n) is 6.34. The standard InChI is InChI=1S/C21H26O3/c1-4-5-6-19(2,3)12-7-13(23)16(14(24)8-12)20-9-11(10-22)15-17-18(20)21(15,17)20/h7-9,15,17-18,22-24H,4-6,10H2,1-3H3/t15-,17?,18-,20+,21?/m0/s1. The second-order valence-corrected chi connectivity index (χ2v) is 9.04. The van der Waals surface area contributed by atoms with Crippen molar-refractivity contribution in [2.24, 2.45) is 23.2 Å². The van der Waals surface area contributed by atoms with E-state index >= 15 is 0 Å². The summed E-state index contributed by atoms with van der Waals surface area (Å²) in [6.45, 7) is 6.64. The lowest BCUT2D eigenvalue weighted by molar-refractivity contribution is 0.316. The maximum atomic E-state index is 10.8. The zero-order valence-corrected chi connectivity index (χ0v) is 14.6. The van der Waals surface area contributed by atoms with Crippen molar-refractivity contribution in [1.29, 1.82) is 0 Å². The van der Waals surface area contributed by atoms with Crippen molar-refractivity contribution in [2.45, 2.75) is 50.9 Å². The van der Waals surface area contributed by atoms with Crippen LogP contribution >= 0.6 is 0 Å². The molecule has 3 fully saturated rings. The summed E-state index contributed by atoms with van der Waals surface area (Å²) < 4.78 is 0. The Morgan fingerprint density at radius 3 is 2.38 bits per heavy atom. The first kappa shape index (κ1) is 14.8. The average Bonchev–Trinajstić information content (AvgIpc) is 3.45. The van der Waals surface area contributed by atoms with Gasteiger partial charge in [0.2, 0.25) is 0 Å². The third-order valence-electron chi connectivity index (χ3n) is 7.65. The van der Waals surface area contributed by atoms with E-state index in [0.29, 0.717) is 23.3 Å². The lowest BCUT2D eigenvalue weighted by atomic mass is 9.77. The molecule has 1 spiro atoms. The molecule has 3 heteroatoms. The molecular formula is C21H26O3. The number of aliphatic hydroxyl groups excluding tert-OH is 1. The Morgan fingerprint density at radius 1 is 1.17 bits per heavy atom. The molecule has 0 saturated heterocycles. The molecule has 2 unspecified atom stereocenters. The first-order valence-electron chi connectivity index (χ1n) is 9.27. The molecule has 3 saturated carbocycles. The molecule has 4 aliphatic rings. The van der Waals surface area contributed by atoms with E-state index in [9.17, 15) is 15.3 Å². The fraction of sp³-hybridized carbons (Fsp3) is 0.619. The number of rotatable bonds is 6. The lowest BCUT2D eigenvalue weighted by Crippen LogP contribution is -2.20. The molecular weight excluding hydrogens is 300 g/mol. The highest BCUT2D eigenvalue weighted by atomic mass is 16.3. The smallest absolute Gasteiger partial charge is 0.123 e. The van der Waals surface area contributed by atoms with Crippen molar-refractivity contribution >= 4 is 0 Å². The molecule has 0 aliphatic heterocycles. The lowest BCUT2D eigenvalue weighted by Gasteiger charge is -2.28. The number of hydrogen-bond donors (Lipinski definition) is 3. The van der Waals surface area contributed by atoms with E-state index in [-0.39, 0.29) is 34.4 Å². The summed E-state index contributed by atoms with van der Waals surface area (Å²) in [5.74, 6) is 2.30. The molecule has 3 nitrogen and oxygen atoms in total. The van der Waals surface area contributed by atoms with Gasteiger partial charge in [-0.15, -0.1) is 0 Å². The highest BCUT2D eigenvalue weighted by Gasteiger charge is 3.12. The number of aromatic hydroxyl groups is 2. The van der Waals surface area contributed by atoms with Gasteiger partial charge in [-0.25, -0.2) is 0 Å². The topological polar surface area (TPSA) is 60.7 Å². The van der Waals surface area contributed by atoms with Crippen molar-refractivity contribution in [3.63, 3.8) is 0 Å². The van der Waals surface area contributed by atoms with E-state index in [4.69, 9.17) is 0 Å². The number of benzene rings is 1. The predicted molar refractivity (Wildman–Crippen MR) is 92.1 cm³/mol. The molecule has 24 heavy (non-hydrogen) atoms. The Balaban J connectivity index is 1.53. The van der Waals surface area contributed by atoms with Gasteiger partial charge in [-0.3, -0.25) is 0 Å². The minimum atomic E-state index is -0.180. The molecule has 1 aromatic rings. The SMILES string of the molecule is CCCCC(C)(C)c1cc(O)c([C@]23C=C(CO)[C@H]4C5[C@@H]2C543)c(O)c1. The monoisotopic (exact) mass is 326 g/mol. The molecule has 0 heterocycles. The van der Waals surface area contributed by atoms with Crippen LogP contribution in [0.2, 0.25) is 0 Å². The van der Waals surface area contributed by atoms with Crippen LogP contribution in [0.25, 0.3) is 0 Å². The zero-order chi connectivity index (χ0) is 17.1. The third kappa shape index (κ3) is 1.30. The third-order valence-corrected chi connectivity index (χ3v) is 7.65. The van der Waals surface area contributed by atoms with Crippen molar-refractivity contribution in [1.82, 2.24) is 0 Å². The molecule has 5 rings (SSSR count). The van der Waals surface area contributed by atoms with Gasteiger partial charge in [0.05, 0.1) is 6.61 Å². The zero-order valence-electron chi connectivity index (χ0n) is 14.6. The number of phenolic OH excluding ortho intramolecular Hbond substituents is 2. The summed E-state index contributed by atoms with van der Waals surface area (Å²) in [5, 5.41) is 31.1. The molecule has 1 aromatic carbocycles. The Morgan fingerprint density at radius 2 is 1.83 bits per heavy atom. The van der Waals surface area contributed by atoms with E-state index in [1.807, 2.05) is 12.1 Å². The highest BCUT2D eigenvalue weighted by Crippen LogP contribution is 3.12. The van der Waals surface area contributed by atoms with Crippen LogP contribution < -0.4 is 0 Å². The second kappa shape index (κ2) is 4.01. The van der Waals surface area contributed by atoms with Gasteiger partial charge in [0.25, 0.3) is 0 Å². The van der Waals surface area contributed by atoms with Crippen molar-refractivity contribution in [3.8, 4) is 11.5 Å². The molecule has 4 aliphatic carbocycles. The van der Waals surface area contributed by atoms with Gasteiger partial charge >= 0.3 is 0 Å². The maximum absolute atomic E-state index is 10.8. The number of phenols is 2. The number of hydrogen-bond acceptors (Lipinski definition) is 3. The van der Waals surface area contributed by atoms with Gasteiger partial charge in [-0.1, -0.05) is 39.7 Å². The Bertz CT molecular complexity index is 769. The fourth-order valence-corrected chi connectivity index (χ4v) is 6.34. The summed E-state index contributed by atoms with van der Waals surface area (Å²) in [6.07, 6.45) is 5.47. The molecule has 3 N–H and O–H groups in total. The molecule has 0 aromatic heterocycles. The number of allylic oxidation sites excluding steroid dienone is 1. The maximum Gasteiger partial charge on any atom is 0.123 e. The van der Waals surface area contributed by atoms with Crippen molar-refractivity contribution in [2.75, 3.05) is 6.61 Å². The van der Waals surface area contributed by atoms with E-state index in [2.05, 4.69) is 26.8 Å². The molecule has 5 atom stereocenters. The van der Waals surface area contributed by atoms with Crippen LogP contribution in [0.5, 0.6) is 11.5 Å². The molecule has 0 bridgehead atoms. The minimum absolute atomic E-state index is 0.0572. The first-order chi connectivity index (χ1) is 11.4. The Hall–Kier alpha value is -1.48. The van der Waals surface area contributed by atoms with E-state index in [1.165, 1.54) is 0 Å². The van der Waals surface area contributed by atoms with E-state index in [1.54, 1.807) is 0 Å². The van der Waals surface area contributed by atoms with E-state index < -0.39 is 0 Å². The van der Waals surface area contributed by atoms with Crippen LogP contribution in [0.1, 0.15) is 51.2 Å². The van der Waals surface area contributed by atoms with Crippen LogP contribution in [0.3, 0.4) is 0 Å². The van der Waals surface area contributed by atoms with Gasteiger partial charge < -0.3 is 15.3 Å². The highest BCUT2D eigenvalue weighted by molar-refractivity contribution is 5.78. The largest absolute Gasteiger partial charge is 0.507 e. The summed E-state index contributed by atoms with van der Waals surface area (Å²) in [4.78, 5) is 0.